The van der Waals surface area contributed by atoms with E-state index >= 15 is 0 Å². The lowest BCUT2D eigenvalue weighted by atomic mass is 10.2. The van der Waals surface area contributed by atoms with Crippen molar-refractivity contribution in [2.45, 2.75) is 32.7 Å². The molecule has 0 spiro atoms. The summed E-state index contributed by atoms with van der Waals surface area (Å²) in [6.07, 6.45) is 1.04. The molecule has 0 bridgehead atoms. The number of guanidine groups is 1. The molecule has 4 nitrogen and oxygen atoms in total. The highest BCUT2D eigenvalue weighted by Crippen LogP contribution is 2.19. The molecule has 0 atom stereocenters. The van der Waals surface area contributed by atoms with Crippen molar-refractivity contribution in [3.8, 4) is 0 Å². The number of thiazole rings is 1. The lowest BCUT2D eigenvalue weighted by Crippen LogP contribution is -2.39. The summed E-state index contributed by atoms with van der Waals surface area (Å²) in [6, 6.07) is 4.28. The van der Waals surface area contributed by atoms with Crippen LogP contribution in [-0.2, 0) is 13.0 Å². The first-order chi connectivity index (χ1) is 10.6. The van der Waals surface area contributed by atoms with Crippen LogP contribution in [0.3, 0.4) is 0 Å². The Kier molecular flexibility index (Phi) is 6.39. The monoisotopic (exact) mass is 336 g/mol. The predicted octanol–water partition coefficient (Wildman–Crippen LogP) is 3.58. The standard InChI is InChI=1S/C16H24N4S2/c1-12(2)15-19-13(11-22-15)10-18-16(17-3)20(4)8-7-14-6-5-9-21-14/h5-6,9,11-12H,7-8,10H2,1-4H3,(H,17,18). The van der Waals surface area contributed by atoms with Crippen LogP contribution < -0.4 is 5.32 Å². The number of hydrogen-bond acceptors (Lipinski definition) is 4. The second kappa shape index (κ2) is 8.29. The minimum atomic E-state index is 0.492. The van der Waals surface area contributed by atoms with Crippen LogP contribution in [0.4, 0.5) is 0 Å². The maximum Gasteiger partial charge on any atom is 0.193 e. The first kappa shape index (κ1) is 17.0. The van der Waals surface area contributed by atoms with Crippen molar-refractivity contribution in [3.63, 3.8) is 0 Å². The third-order valence-electron chi connectivity index (χ3n) is 3.34. The Morgan fingerprint density at radius 1 is 1.41 bits per heavy atom. The quantitative estimate of drug-likeness (QED) is 0.647. The molecule has 0 aliphatic heterocycles. The molecule has 0 aromatic carbocycles. The average molecular weight is 337 g/mol. The van der Waals surface area contributed by atoms with Gasteiger partial charge in [0.25, 0.3) is 0 Å². The van der Waals surface area contributed by atoms with E-state index < -0.39 is 0 Å². The Morgan fingerprint density at radius 2 is 2.23 bits per heavy atom. The molecule has 0 aliphatic carbocycles. The average Bonchev–Trinajstić information content (AvgIpc) is 3.17. The number of likely N-dealkylation sites (N-methyl/N-ethyl adjacent to an activating group) is 1. The van der Waals surface area contributed by atoms with Crippen LogP contribution in [0.15, 0.2) is 27.9 Å². The third-order valence-corrected chi connectivity index (χ3v) is 5.47. The molecule has 120 valence electrons. The van der Waals surface area contributed by atoms with Gasteiger partial charge in [-0.1, -0.05) is 19.9 Å². The largest absolute Gasteiger partial charge is 0.351 e. The summed E-state index contributed by atoms with van der Waals surface area (Å²) in [6.45, 7) is 6.02. The number of nitrogens with one attached hydrogen (secondary N) is 1. The molecule has 6 heteroatoms. The summed E-state index contributed by atoms with van der Waals surface area (Å²) >= 11 is 3.53. The maximum atomic E-state index is 4.65. The highest BCUT2D eigenvalue weighted by molar-refractivity contribution is 7.10. The number of thiophene rings is 1. The van der Waals surface area contributed by atoms with Crippen molar-refractivity contribution >= 4 is 28.6 Å². The summed E-state index contributed by atoms with van der Waals surface area (Å²) < 4.78 is 0. The zero-order chi connectivity index (χ0) is 15.9. The van der Waals surface area contributed by atoms with Crippen LogP contribution in [0.25, 0.3) is 0 Å². The molecule has 0 unspecified atom stereocenters. The van der Waals surface area contributed by atoms with E-state index in [4.69, 9.17) is 0 Å². The Labute approximate surface area is 140 Å². The van der Waals surface area contributed by atoms with Crippen molar-refractivity contribution in [2.24, 2.45) is 4.99 Å². The van der Waals surface area contributed by atoms with Gasteiger partial charge in [-0.3, -0.25) is 4.99 Å². The van der Waals surface area contributed by atoms with Crippen molar-refractivity contribution < 1.29 is 0 Å². The molecule has 0 fully saturated rings. The number of rotatable bonds is 6. The summed E-state index contributed by atoms with van der Waals surface area (Å²) in [7, 11) is 3.90. The van der Waals surface area contributed by atoms with Gasteiger partial charge >= 0.3 is 0 Å². The van der Waals surface area contributed by atoms with Gasteiger partial charge in [0.1, 0.15) is 0 Å². The Bertz CT molecular complexity index is 587. The molecule has 1 N–H and O–H groups in total. The highest BCUT2D eigenvalue weighted by atomic mass is 32.1. The van der Waals surface area contributed by atoms with Crippen molar-refractivity contribution in [1.29, 1.82) is 0 Å². The molecule has 0 radical (unpaired) electrons. The highest BCUT2D eigenvalue weighted by Gasteiger charge is 2.09. The number of aliphatic imine (C=N–C) groups is 1. The minimum absolute atomic E-state index is 0.492. The number of aromatic nitrogens is 1. The predicted molar refractivity (Wildman–Crippen MR) is 97.1 cm³/mol. The fraction of sp³-hybridized carbons (Fsp3) is 0.500. The molecule has 0 amide bonds. The third kappa shape index (κ3) is 4.81. The topological polar surface area (TPSA) is 40.5 Å². The van der Waals surface area contributed by atoms with Crippen LogP contribution in [0, 0.1) is 0 Å². The Balaban J connectivity index is 1.83. The van der Waals surface area contributed by atoms with E-state index in [0.717, 1.165) is 31.2 Å². The Hall–Kier alpha value is -1.40. The molecule has 2 aromatic rings. The number of hydrogen-bond donors (Lipinski definition) is 1. The molecule has 2 rings (SSSR count). The molecule has 22 heavy (non-hydrogen) atoms. The Morgan fingerprint density at radius 3 is 2.82 bits per heavy atom. The molecule has 0 aliphatic rings. The molecular weight excluding hydrogens is 312 g/mol. The van der Waals surface area contributed by atoms with Crippen LogP contribution >= 0.6 is 22.7 Å². The molecule has 0 saturated carbocycles. The number of nitrogens with zero attached hydrogens (tertiary/aromatic N) is 3. The van der Waals surface area contributed by atoms with Crippen LogP contribution in [0.2, 0.25) is 0 Å². The molecule has 2 heterocycles. The van der Waals surface area contributed by atoms with Gasteiger partial charge in [-0.15, -0.1) is 22.7 Å². The van der Waals surface area contributed by atoms with Gasteiger partial charge in [0.15, 0.2) is 5.96 Å². The van der Waals surface area contributed by atoms with Gasteiger partial charge in [0.05, 0.1) is 17.2 Å². The fourth-order valence-corrected chi connectivity index (χ4v) is 3.60. The summed E-state index contributed by atoms with van der Waals surface area (Å²) in [5.74, 6) is 1.40. The van der Waals surface area contributed by atoms with Gasteiger partial charge in [-0.05, 0) is 17.9 Å². The zero-order valence-electron chi connectivity index (χ0n) is 13.7. The van der Waals surface area contributed by atoms with Gasteiger partial charge in [-0.2, -0.15) is 0 Å². The SMILES string of the molecule is CN=C(NCc1csc(C(C)C)n1)N(C)CCc1cccs1. The van der Waals surface area contributed by atoms with Crippen molar-refractivity contribution in [1.82, 2.24) is 15.2 Å². The van der Waals surface area contributed by atoms with Gasteiger partial charge < -0.3 is 10.2 Å². The normalized spacial score (nSPS) is 12.0. The smallest absolute Gasteiger partial charge is 0.193 e. The molecule has 2 aromatic heterocycles. The lowest BCUT2D eigenvalue weighted by molar-refractivity contribution is 0.486. The van der Waals surface area contributed by atoms with E-state index in [1.54, 1.807) is 22.7 Å². The summed E-state index contributed by atoms with van der Waals surface area (Å²) in [4.78, 5) is 12.6. The fourth-order valence-electron chi connectivity index (χ4n) is 2.06. The second-order valence-electron chi connectivity index (χ2n) is 5.48. The minimum Gasteiger partial charge on any atom is -0.351 e. The molecular formula is C16H24N4S2. The summed E-state index contributed by atoms with van der Waals surface area (Å²) in [5, 5.41) is 8.83. The van der Waals surface area contributed by atoms with Gasteiger partial charge in [-0.25, -0.2) is 4.98 Å². The van der Waals surface area contributed by atoms with Crippen LogP contribution in [0.1, 0.15) is 35.3 Å². The maximum absolute atomic E-state index is 4.65. The molecule has 0 saturated heterocycles. The first-order valence-electron chi connectivity index (χ1n) is 7.48. The first-order valence-corrected chi connectivity index (χ1v) is 9.24. The zero-order valence-corrected chi connectivity index (χ0v) is 15.3. The van der Waals surface area contributed by atoms with Crippen molar-refractivity contribution in [3.05, 3.63) is 38.5 Å². The van der Waals surface area contributed by atoms with Crippen LogP contribution in [-0.4, -0.2) is 36.5 Å². The van der Waals surface area contributed by atoms with E-state index in [2.05, 4.69) is 64.0 Å². The van der Waals surface area contributed by atoms with E-state index in [-0.39, 0.29) is 0 Å². The van der Waals surface area contributed by atoms with Gasteiger partial charge in [0, 0.05) is 36.8 Å². The van der Waals surface area contributed by atoms with Crippen LogP contribution in [0.5, 0.6) is 0 Å². The van der Waals surface area contributed by atoms with Crippen molar-refractivity contribution in [2.75, 3.05) is 20.6 Å². The van der Waals surface area contributed by atoms with E-state index in [0.29, 0.717) is 5.92 Å². The van der Waals surface area contributed by atoms with E-state index in [1.165, 1.54) is 9.88 Å². The second-order valence-corrected chi connectivity index (χ2v) is 7.41. The summed E-state index contributed by atoms with van der Waals surface area (Å²) in [5.41, 5.74) is 1.08. The van der Waals surface area contributed by atoms with Gasteiger partial charge in [0.2, 0.25) is 0 Å². The van der Waals surface area contributed by atoms with E-state index in [9.17, 15) is 0 Å². The lowest BCUT2D eigenvalue weighted by Gasteiger charge is -2.21. The van der Waals surface area contributed by atoms with E-state index in [1.807, 2.05) is 7.05 Å².